The first kappa shape index (κ1) is 18.3. The zero-order valence-electron chi connectivity index (χ0n) is 15.4. The summed E-state index contributed by atoms with van der Waals surface area (Å²) in [7, 11) is 0. The topological polar surface area (TPSA) is 9.23 Å². The molecule has 0 saturated carbocycles. The minimum absolute atomic E-state index is 0.592. The molecule has 0 fully saturated rings. The standard InChI is InChI=1S/C23H28O/c1-6-17(5)22-15-19(7-2)23(21(9-4)20(22)8-3)24-16-18-13-11-10-12-14-18/h10-15H,6-9,16H2,1-4H3. The van der Waals surface area contributed by atoms with Crippen LogP contribution in [0.4, 0.5) is 0 Å². The molecule has 0 aliphatic carbocycles. The fourth-order valence-corrected chi connectivity index (χ4v) is 3.23. The fraction of sp³-hybridized carbons (Fsp3) is 0.391. The quantitative estimate of drug-likeness (QED) is 0.575. The Morgan fingerprint density at radius 3 is 2.12 bits per heavy atom. The highest BCUT2D eigenvalue weighted by Gasteiger charge is 2.17. The van der Waals surface area contributed by atoms with Gasteiger partial charge in [0.15, 0.2) is 0 Å². The van der Waals surface area contributed by atoms with Gasteiger partial charge in [0.1, 0.15) is 12.4 Å². The molecule has 126 valence electrons. The van der Waals surface area contributed by atoms with Crippen LogP contribution in [0.2, 0.25) is 0 Å². The summed E-state index contributed by atoms with van der Waals surface area (Å²) in [6.45, 7) is 17.5. The van der Waals surface area contributed by atoms with Crippen molar-refractivity contribution in [3.63, 3.8) is 0 Å². The second kappa shape index (κ2) is 8.73. The predicted octanol–water partition coefficient (Wildman–Crippen LogP) is 6.06. The van der Waals surface area contributed by atoms with Crippen LogP contribution in [0.1, 0.15) is 61.9 Å². The molecule has 1 heteroatoms. The first-order valence-corrected chi connectivity index (χ1v) is 9.08. The largest absolute Gasteiger partial charge is 0.488 e. The third-order valence-electron chi connectivity index (χ3n) is 4.57. The molecule has 0 aliphatic rings. The van der Waals surface area contributed by atoms with Crippen molar-refractivity contribution in [3.05, 3.63) is 70.8 Å². The number of allylic oxidation sites excluding steroid dienone is 1. The maximum absolute atomic E-state index is 8.33. The Hall–Kier alpha value is -2.02. The third-order valence-corrected chi connectivity index (χ3v) is 4.57. The van der Waals surface area contributed by atoms with Crippen LogP contribution in [0.25, 0.3) is 5.57 Å². The van der Waals surface area contributed by atoms with E-state index in [9.17, 15) is 0 Å². The number of hydrogen-bond acceptors (Lipinski definition) is 1. The molecule has 2 aromatic rings. The maximum atomic E-state index is 8.33. The van der Waals surface area contributed by atoms with Gasteiger partial charge in [0.2, 0.25) is 0 Å². The summed E-state index contributed by atoms with van der Waals surface area (Å²) in [6.07, 6.45) is 3.56. The van der Waals surface area contributed by atoms with Gasteiger partial charge in [0, 0.05) is 0 Å². The maximum Gasteiger partial charge on any atom is 0.126 e. The zero-order chi connectivity index (χ0) is 17.5. The molecule has 2 radical (unpaired) electrons. The Morgan fingerprint density at radius 1 is 0.917 bits per heavy atom. The highest BCUT2D eigenvalue weighted by molar-refractivity contribution is 5.69. The molecule has 2 aromatic carbocycles. The molecule has 0 saturated heterocycles. The van der Waals surface area contributed by atoms with E-state index >= 15 is 0 Å². The number of rotatable bonds is 8. The summed E-state index contributed by atoms with van der Waals surface area (Å²) < 4.78 is 6.28. The number of benzene rings is 2. The molecule has 0 amide bonds. The van der Waals surface area contributed by atoms with Crippen LogP contribution in [0.3, 0.4) is 0 Å². The average molecular weight is 320 g/mol. The molecule has 0 aliphatic heterocycles. The molecule has 0 N–H and O–H groups in total. The van der Waals surface area contributed by atoms with E-state index in [1.54, 1.807) is 0 Å². The molecule has 0 atom stereocenters. The lowest BCUT2D eigenvalue weighted by atomic mass is 9.88. The van der Waals surface area contributed by atoms with E-state index in [2.05, 4.69) is 45.9 Å². The van der Waals surface area contributed by atoms with E-state index in [0.717, 1.165) is 42.6 Å². The first-order chi connectivity index (χ1) is 11.7. The summed E-state index contributed by atoms with van der Waals surface area (Å²) >= 11 is 0. The van der Waals surface area contributed by atoms with Crippen molar-refractivity contribution < 1.29 is 4.74 Å². The van der Waals surface area contributed by atoms with Crippen molar-refractivity contribution >= 4 is 5.57 Å². The van der Waals surface area contributed by atoms with Crippen molar-refractivity contribution in [1.29, 1.82) is 0 Å². The van der Waals surface area contributed by atoms with E-state index in [-0.39, 0.29) is 0 Å². The van der Waals surface area contributed by atoms with Crippen LogP contribution in [0.5, 0.6) is 5.75 Å². The van der Waals surface area contributed by atoms with Gasteiger partial charge in [0.05, 0.1) is 0 Å². The summed E-state index contributed by atoms with van der Waals surface area (Å²) in [4.78, 5) is 0. The Kier molecular flexibility index (Phi) is 6.66. The molecule has 1 nitrogen and oxygen atoms in total. The summed E-state index contributed by atoms with van der Waals surface area (Å²) in [5, 5.41) is 0. The number of ether oxygens (including phenoxy) is 1. The lowest BCUT2D eigenvalue weighted by Gasteiger charge is -2.22. The van der Waals surface area contributed by atoms with Gasteiger partial charge >= 0.3 is 0 Å². The van der Waals surface area contributed by atoms with E-state index in [0.29, 0.717) is 6.61 Å². The minimum atomic E-state index is 0.592. The van der Waals surface area contributed by atoms with E-state index in [1.807, 2.05) is 18.2 Å². The van der Waals surface area contributed by atoms with Crippen molar-refractivity contribution in [2.24, 2.45) is 0 Å². The van der Waals surface area contributed by atoms with Crippen molar-refractivity contribution in [2.45, 2.75) is 60.0 Å². The molecule has 24 heavy (non-hydrogen) atoms. The second-order valence-electron chi connectivity index (χ2n) is 6.04. The summed E-state index contributed by atoms with van der Waals surface area (Å²) in [5.41, 5.74) is 6.80. The Morgan fingerprint density at radius 2 is 1.58 bits per heavy atom. The molecule has 0 aromatic heterocycles. The monoisotopic (exact) mass is 320 g/mol. The average Bonchev–Trinajstić information content (AvgIpc) is 2.64. The van der Waals surface area contributed by atoms with Crippen molar-refractivity contribution in [1.82, 2.24) is 0 Å². The lowest BCUT2D eigenvalue weighted by Crippen LogP contribution is -2.07. The van der Waals surface area contributed by atoms with Gasteiger partial charge in [-0.15, -0.1) is 0 Å². The Labute approximate surface area is 147 Å². The van der Waals surface area contributed by atoms with Crippen LogP contribution in [0.15, 0.2) is 36.4 Å². The normalized spacial score (nSPS) is 10.7. The third kappa shape index (κ3) is 3.90. The molecule has 0 spiro atoms. The van der Waals surface area contributed by atoms with Gasteiger partial charge in [-0.3, -0.25) is 0 Å². The highest BCUT2D eigenvalue weighted by atomic mass is 16.5. The van der Waals surface area contributed by atoms with E-state index < -0.39 is 0 Å². The number of hydrogen-bond donors (Lipinski definition) is 0. The van der Waals surface area contributed by atoms with Crippen LogP contribution in [-0.4, -0.2) is 0 Å². The molecule has 0 heterocycles. The highest BCUT2D eigenvalue weighted by Crippen LogP contribution is 2.35. The SMILES string of the molecule is [C]=C(CC)c1cc(CC)c(OCc2ccccc2)c(CC)c1CC. The van der Waals surface area contributed by atoms with E-state index in [1.165, 1.54) is 22.3 Å². The van der Waals surface area contributed by atoms with Crippen LogP contribution < -0.4 is 4.74 Å². The van der Waals surface area contributed by atoms with Gasteiger partial charge in [-0.2, -0.15) is 0 Å². The minimum Gasteiger partial charge on any atom is -0.488 e. The van der Waals surface area contributed by atoms with Crippen LogP contribution in [-0.2, 0) is 25.9 Å². The van der Waals surface area contributed by atoms with Gasteiger partial charge in [-0.25, -0.2) is 0 Å². The van der Waals surface area contributed by atoms with Crippen LogP contribution in [0, 0.1) is 6.58 Å². The molecule has 0 bridgehead atoms. The molecule has 2 rings (SSSR count). The van der Waals surface area contributed by atoms with Crippen molar-refractivity contribution in [3.8, 4) is 5.75 Å². The van der Waals surface area contributed by atoms with Gasteiger partial charge < -0.3 is 4.74 Å². The molecular weight excluding hydrogens is 292 g/mol. The summed E-state index contributed by atoms with van der Waals surface area (Å²) in [5.74, 6) is 1.04. The van der Waals surface area contributed by atoms with Crippen molar-refractivity contribution in [2.75, 3.05) is 0 Å². The Bertz CT molecular complexity index is 683. The summed E-state index contributed by atoms with van der Waals surface area (Å²) in [6, 6.07) is 12.5. The fourth-order valence-electron chi connectivity index (χ4n) is 3.23. The number of aryl methyl sites for hydroxylation is 1. The Balaban J connectivity index is 2.47. The second-order valence-corrected chi connectivity index (χ2v) is 6.04. The van der Waals surface area contributed by atoms with Gasteiger partial charge in [-0.1, -0.05) is 58.0 Å². The van der Waals surface area contributed by atoms with E-state index in [4.69, 9.17) is 11.3 Å². The van der Waals surface area contributed by atoms with Gasteiger partial charge in [0.25, 0.3) is 0 Å². The molecule has 0 unspecified atom stereocenters. The zero-order valence-corrected chi connectivity index (χ0v) is 15.4. The predicted molar refractivity (Wildman–Crippen MR) is 102 cm³/mol. The first-order valence-electron chi connectivity index (χ1n) is 9.08. The lowest BCUT2D eigenvalue weighted by molar-refractivity contribution is 0.299. The van der Waals surface area contributed by atoms with Crippen LogP contribution >= 0.6 is 0 Å². The molecular formula is C23H28O. The smallest absolute Gasteiger partial charge is 0.126 e. The van der Waals surface area contributed by atoms with Gasteiger partial charge in [-0.05, 0) is 71.7 Å².